The molecule has 0 amide bonds. The predicted molar refractivity (Wildman–Crippen MR) is 133 cm³/mol. The molecule has 0 atom stereocenters. The van der Waals surface area contributed by atoms with E-state index in [0.717, 1.165) is 38.5 Å². The number of carbonyl (C=O) groups is 1. The zero-order chi connectivity index (χ0) is 22.9. The third-order valence-electron chi connectivity index (χ3n) is 5.05. The second kappa shape index (κ2) is 9.12. The maximum absolute atomic E-state index is 12.1. The van der Waals surface area contributed by atoms with Gasteiger partial charge in [0.15, 0.2) is 8.65 Å². The summed E-state index contributed by atoms with van der Waals surface area (Å²) in [6.45, 7) is 4.72. The number of imidazole rings is 1. The van der Waals surface area contributed by atoms with Crippen molar-refractivity contribution in [3.8, 4) is 11.4 Å². The van der Waals surface area contributed by atoms with E-state index in [0.29, 0.717) is 22.3 Å². The molecule has 33 heavy (non-hydrogen) atoms. The average Bonchev–Trinajstić information content (AvgIpc) is 3.36. The van der Waals surface area contributed by atoms with E-state index < -0.39 is 0 Å². The summed E-state index contributed by atoms with van der Waals surface area (Å²) in [5, 5.41) is 0.690. The molecule has 0 fully saturated rings. The van der Waals surface area contributed by atoms with Crippen LogP contribution in [0.4, 0.5) is 0 Å². The Morgan fingerprint density at radius 2 is 1.97 bits per heavy atom. The number of benzene rings is 2. The molecule has 2 aromatic carbocycles. The first kappa shape index (κ1) is 21.9. The number of aromatic amines is 1. The van der Waals surface area contributed by atoms with E-state index in [-0.39, 0.29) is 11.7 Å². The highest BCUT2D eigenvalue weighted by atomic mass is 32.2. The highest BCUT2D eigenvalue weighted by molar-refractivity contribution is 7.99. The summed E-state index contributed by atoms with van der Waals surface area (Å²) < 4.78 is 16.4. The van der Waals surface area contributed by atoms with Crippen molar-refractivity contribution in [3.05, 3.63) is 52.5 Å². The monoisotopic (exact) mass is 497 g/mol. The Hall–Kier alpha value is -2.95. The molecule has 3 heterocycles. The van der Waals surface area contributed by atoms with Gasteiger partial charge in [0.25, 0.3) is 5.65 Å². The minimum Gasteiger partial charge on any atom is -0.494 e. The van der Waals surface area contributed by atoms with Crippen LogP contribution in [-0.4, -0.2) is 39.5 Å². The van der Waals surface area contributed by atoms with Gasteiger partial charge in [-0.1, -0.05) is 28.5 Å². The molecule has 0 saturated heterocycles. The van der Waals surface area contributed by atoms with Crippen LogP contribution in [0.1, 0.15) is 13.8 Å². The Kier molecular flexibility index (Phi) is 6.05. The number of ether oxygens (including phenoxy) is 2. The van der Waals surface area contributed by atoms with Crippen LogP contribution in [0.3, 0.4) is 0 Å². The fourth-order valence-corrected chi connectivity index (χ4v) is 5.87. The number of esters is 1. The molecule has 3 aromatic heterocycles. The van der Waals surface area contributed by atoms with Crippen molar-refractivity contribution in [3.63, 3.8) is 0 Å². The van der Waals surface area contributed by atoms with Gasteiger partial charge in [-0.3, -0.25) is 14.3 Å². The van der Waals surface area contributed by atoms with Gasteiger partial charge in [0.05, 0.1) is 18.9 Å². The number of nitrogens with one attached hydrogen (secondary N) is 1. The Balaban J connectivity index is 1.73. The molecule has 0 radical (unpaired) electrons. The molecular formula is C23H21N4O3S3+. The van der Waals surface area contributed by atoms with Gasteiger partial charge in [-0.25, -0.2) is 0 Å². The van der Waals surface area contributed by atoms with Gasteiger partial charge in [0.1, 0.15) is 22.5 Å². The summed E-state index contributed by atoms with van der Waals surface area (Å²) in [5.74, 6) is 0.702. The standard InChI is InChI=1S/C23H20N4O3S3/c1-3-29-15-11-9-14(10-12-15)26-21-19(33-23(26)31)20-24-16-7-5-6-8-17(16)27(20)22(25-21)32-13-18(28)30-4-2/h5-12H,3-4,13H2,1-2H3/p+1. The summed E-state index contributed by atoms with van der Waals surface area (Å²) in [6.07, 6.45) is 0. The molecule has 0 aliphatic heterocycles. The number of hydrogen-bond donors (Lipinski definition) is 1. The van der Waals surface area contributed by atoms with E-state index >= 15 is 0 Å². The molecule has 0 bridgehead atoms. The van der Waals surface area contributed by atoms with Crippen LogP contribution in [0.25, 0.3) is 32.7 Å². The van der Waals surface area contributed by atoms with Crippen LogP contribution in [0.5, 0.6) is 5.75 Å². The number of H-pyrrole nitrogens is 1. The number of fused-ring (bicyclic) bond motifs is 5. The molecule has 0 aliphatic rings. The number of thiazole rings is 1. The number of para-hydroxylation sites is 2. The SMILES string of the molecule is CCOC(=O)CSc1nc2c(sc(=S)n2-c2ccc(OCC)cc2)c2[nH]c3ccccc3[n+]12. The lowest BCUT2D eigenvalue weighted by molar-refractivity contribution is -0.530. The first-order valence-corrected chi connectivity index (χ1v) is 12.7. The molecule has 168 valence electrons. The molecule has 10 heteroatoms. The first-order chi connectivity index (χ1) is 16.1. The van der Waals surface area contributed by atoms with Gasteiger partial charge in [0, 0.05) is 0 Å². The summed E-state index contributed by atoms with van der Waals surface area (Å²) in [6, 6.07) is 15.8. The average molecular weight is 498 g/mol. The van der Waals surface area contributed by atoms with Crippen LogP contribution in [0.15, 0.2) is 53.7 Å². The lowest BCUT2D eigenvalue weighted by atomic mass is 10.3. The summed E-state index contributed by atoms with van der Waals surface area (Å²) in [7, 11) is 0. The fraction of sp³-hybridized carbons (Fsp3) is 0.217. The topological polar surface area (TPSA) is 73.2 Å². The molecular weight excluding hydrogens is 476 g/mol. The van der Waals surface area contributed by atoms with Crippen molar-refractivity contribution >= 4 is 68.3 Å². The van der Waals surface area contributed by atoms with Crippen LogP contribution in [0.2, 0.25) is 0 Å². The summed E-state index contributed by atoms with van der Waals surface area (Å²) in [4.78, 5) is 20.6. The van der Waals surface area contributed by atoms with Gasteiger partial charge >= 0.3 is 11.1 Å². The van der Waals surface area contributed by atoms with Crippen molar-refractivity contribution in [2.75, 3.05) is 19.0 Å². The first-order valence-electron chi connectivity index (χ1n) is 10.5. The van der Waals surface area contributed by atoms with E-state index in [1.165, 1.54) is 23.1 Å². The van der Waals surface area contributed by atoms with Gasteiger partial charge in [0.2, 0.25) is 5.65 Å². The maximum atomic E-state index is 12.1. The second-order valence-electron chi connectivity index (χ2n) is 7.10. The van der Waals surface area contributed by atoms with Crippen LogP contribution >= 0.6 is 35.3 Å². The number of nitrogens with zero attached hydrogens (tertiary/aromatic N) is 3. The van der Waals surface area contributed by atoms with Crippen molar-refractivity contribution in [2.45, 2.75) is 19.0 Å². The third kappa shape index (κ3) is 3.98. The Morgan fingerprint density at radius 3 is 2.73 bits per heavy atom. The molecule has 1 N–H and O–H groups in total. The van der Waals surface area contributed by atoms with E-state index in [2.05, 4.69) is 9.38 Å². The van der Waals surface area contributed by atoms with Crippen LogP contribution < -0.4 is 9.14 Å². The molecule has 0 saturated carbocycles. The highest BCUT2D eigenvalue weighted by Gasteiger charge is 2.26. The number of aromatic nitrogens is 4. The minimum absolute atomic E-state index is 0.169. The Morgan fingerprint density at radius 1 is 1.18 bits per heavy atom. The number of rotatable bonds is 7. The van der Waals surface area contributed by atoms with Gasteiger partial charge in [-0.05, 0) is 74.2 Å². The number of carbonyl (C=O) groups excluding carboxylic acids is 1. The van der Waals surface area contributed by atoms with Crippen molar-refractivity contribution in [2.24, 2.45) is 0 Å². The lowest BCUT2D eigenvalue weighted by Gasteiger charge is -2.06. The van der Waals surface area contributed by atoms with E-state index in [1.807, 2.05) is 60.0 Å². The van der Waals surface area contributed by atoms with Crippen molar-refractivity contribution in [1.29, 1.82) is 0 Å². The Bertz CT molecular complexity index is 1540. The third-order valence-corrected chi connectivity index (χ3v) is 7.33. The van der Waals surface area contributed by atoms with Crippen molar-refractivity contribution in [1.82, 2.24) is 14.5 Å². The van der Waals surface area contributed by atoms with E-state index in [4.69, 9.17) is 26.7 Å². The molecule has 0 aliphatic carbocycles. The molecule has 5 rings (SSSR count). The fourth-order valence-electron chi connectivity index (χ4n) is 3.71. The highest BCUT2D eigenvalue weighted by Crippen LogP contribution is 2.31. The van der Waals surface area contributed by atoms with Crippen molar-refractivity contribution < 1.29 is 18.7 Å². The maximum Gasteiger partial charge on any atom is 0.316 e. The van der Waals surface area contributed by atoms with E-state index in [1.54, 1.807) is 6.92 Å². The Labute approximate surface area is 203 Å². The normalized spacial score (nSPS) is 11.5. The zero-order valence-electron chi connectivity index (χ0n) is 18.0. The van der Waals surface area contributed by atoms with E-state index in [9.17, 15) is 4.79 Å². The van der Waals surface area contributed by atoms with Gasteiger partial charge < -0.3 is 9.47 Å². The summed E-state index contributed by atoms with van der Waals surface area (Å²) in [5.41, 5.74) is 4.52. The largest absolute Gasteiger partial charge is 0.494 e. The number of thioether (sulfide) groups is 1. The van der Waals surface area contributed by atoms with Crippen LogP contribution in [0, 0.1) is 3.95 Å². The second-order valence-corrected chi connectivity index (χ2v) is 9.68. The zero-order valence-corrected chi connectivity index (χ0v) is 20.5. The van der Waals surface area contributed by atoms with Gasteiger partial charge in [-0.2, -0.15) is 4.40 Å². The predicted octanol–water partition coefficient (Wildman–Crippen LogP) is 5.09. The lowest BCUT2D eigenvalue weighted by Crippen LogP contribution is -2.26. The smallest absolute Gasteiger partial charge is 0.316 e. The summed E-state index contributed by atoms with van der Waals surface area (Å²) >= 11 is 8.61. The molecule has 0 spiro atoms. The van der Waals surface area contributed by atoms with Crippen LogP contribution in [-0.2, 0) is 9.53 Å². The number of hydrogen-bond acceptors (Lipinski definition) is 7. The van der Waals surface area contributed by atoms with Gasteiger partial charge in [-0.15, -0.1) is 0 Å². The molecule has 5 aromatic rings. The molecule has 7 nitrogen and oxygen atoms in total. The quantitative estimate of drug-likeness (QED) is 0.111. The minimum atomic E-state index is -0.272. The molecule has 0 unspecified atom stereocenters.